The molecule has 0 heterocycles. The third-order valence-electron chi connectivity index (χ3n) is 14.4. The Bertz CT molecular complexity index is 1470. The average Bonchev–Trinajstić information content (AvgIpc) is 3.43. The van der Waals surface area contributed by atoms with Crippen molar-refractivity contribution in [3.63, 3.8) is 0 Å². The van der Waals surface area contributed by atoms with Crippen LogP contribution in [-0.4, -0.2) is 37.2 Å². The van der Waals surface area contributed by atoms with E-state index in [9.17, 15) is 14.4 Å². The fourth-order valence-corrected chi connectivity index (χ4v) is 9.44. The first-order chi connectivity index (χ1) is 38.0. The van der Waals surface area contributed by atoms with Crippen LogP contribution in [0.4, 0.5) is 0 Å². The second kappa shape index (κ2) is 65.1. The van der Waals surface area contributed by atoms with Gasteiger partial charge in [-0.05, 0) is 96.3 Å². The van der Waals surface area contributed by atoms with Gasteiger partial charge in [0.05, 0.1) is 0 Å². The van der Waals surface area contributed by atoms with Crippen LogP contribution in [0.2, 0.25) is 0 Å². The summed E-state index contributed by atoms with van der Waals surface area (Å²) in [5, 5.41) is 0. The second-order valence-corrected chi connectivity index (χ2v) is 22.0. The van der Waals surface area contributed by atoms with Crippen LogP contribution in [0.25, 0.3) is 0 Å². The minimum absolute atomic E-state index is 0.0782. The summed E-state index contributed by atoms with van der Waals surface area (Å²) in [5.74, 6) is -0.879. The molecule has 0 aromatic carbocycles. The van der Waals surface area contributed by atoms with E-state index in [2.05, 4.69) is 106 Å². The Hall–Kier alpha value is -3.41. The van der Waals surface area contributed by atoms with Crippen LogP contribution >= 0.6 is 0 Å². The zero-order valence-corrected chi connectivity index (χ0v) is 51.0. The van der Waals surface area contributed by atoms with Crippen molar-refractivity contribution in [1.29, 1.82) is 0 Å². The summed E-state index contributed by atoms with van der Waals surface area (Å²) >= 11 is 0. The SMILES string of the molecule is CC/C=C\C/C=C\C/C=C\C/C=C\C/C=C\CCCCCCCCCC(=O)OC(COC(=O)CCCCCCCCCCC)COC(=O)CCCCCCCCCCCCCCCCC/C=C\C/C=C\CCCCCCC. The van der Waals surface area contributed by atoms with Crippen molar-refractivity contribution in [3.8, 4) is 0 Å². The second-order valence-electron chi connectivity index (χ2n) is 22.0. The molecule has 6 nitrogen and oxygen atoms in total. The first kappa shape index (κ1) is 73.6. The van der Waals surface area contributed by atoms with E-state index in [4.69, 9.17) is 14.2 Å². The van der Waals surface area contributed by atoms with Crippen LogP contribution in [-0.2, 0) is 28.6 Å². The zero-order valence-electron chi connectivity index (χ0n) is 51.0. The van der Waals surface area contributed by atoms with Crippen molar-refractivity contribution in [2.24, 2.45) is 0 Å². The molecule has 444 valence electrons. The molecule has 0 saturated heterocycles. The summed E-state index contributed by atoms with van der Waals surface area (Å²) in [6, 6.07) is 0. The molecule has 0 aliphatic rings. The van der Waals surface area contributed by atoms with Gasteiger partial charge in [0.1, 0.15) is 13.2 Å². The van der Waals surface area contributed by atoms with Gasteiger partial charge in [0.2, 0.25) is 0 Å². The number of allylic oxidation sites excluding steroid dienone is 14. The predicted molar refractivity (Wildman–Crippen MR) is 334 cm³/mol. The molecular weight excluding hydrogens is 949 g/mol. The summed E-state index contributed by atoms with van der Waals surface area (Å²) in [4.78, 5) is 38.2. The number of unbranched alkanes of at least 4 members (excludes halogenated alkanes) is 35. The first-order valence-corrected chi connectivity index (χ1v) is 33.1. The number of hydrogen-bond acceptors (Lipinski definition) is 6. The van der Waals surface area contributed by atoms with Crippen molar-refractivity contribution in [1.82, 2.24) is 0 Å². The molecule has 0 radical (unpaired) electrons. The van der Waals surface area contributed by atoms with E-state index in [1.807, 2.05) is 0 Å². The molecule has 0 N–H and O–H groups in total. The third-order valence-corrected chi connectivity index (χ3v) is 14.4. The van der Waals surface area contributed by atoms with Crippen LogP contribution in [0.5, 0.6) is 0 Å². The smallest absolute Gasteiger partial charge is 0.306 e. The summed E-state index contributed by atoms with van der Waals surface area (Å²) in [5.41, 5.74) is 0. The van der Waals surface area contributed by atoms with Crippen molar-refractivity contribution in [2.75, 3.05) is 13.2 Å². The minimum Gasteiger partial charge on any atom is -0.462 e. The van der Waals surface area contributed by atoms with Gasteiger partial charge in [-0.25, -0.2) is 0 Å². The number of carbonyl (C=O) groups excluding carboxylic acids is 3. The Balaban J connectivity index is 4.20. The molecule has 0 amide bonds. The quantitative estimate of drug-likeness (QED) is 0.0261. The molecule has 0 aromatic heterocycles. The first-order valence-electron chi connectivity index (χ1n) is 33.1. The van der Waals surface area contributed by atoms with Crippen molar-refractivity contribution >= 4 is 17.9 Å². The number of hydrogen-bond donors (Lipinski definition) is 0. The number of ether oxygens (including phenoxy) is 3. The van der Waals surface area contributed by atoms with Crippen molar-refractivity contribution < 1.29 is 28.6 Å². The zero-order chi connectivity index (χ0) is 55.7. The van der Waals surface area contributed by atoms with Gasteiger partial charge in [-0.1, -0.05) is 298 Å². The van der Waals surface area contributed by atoms with E-state index in [0.717, 1.165) is 103 Å². The summed E-state index contributed by atoms with van der Waals surface area (Å²) < 4.78 is 16.9. The molecule has 0 aromatic rings. The van der Waals surface area contributed by atoms with Gasteiger partial charge in [0, 0.05) is 19.3 Å². The maximum absolute atomic E-state index is 12.9. The lowest BCUT2D eigenvalue weighted by atomic mass is 10.0. The molecule has 0 bridgehead atoms. The van der Waals surface area contributed by atoms with E-state index in [1.54, 1.807) is 0 Å². The highest BCUT2D eigenvalue weighted by Gasteiger charge is 2.19. The molecule has 0 rings (SSSR count). The molecule has 0 fully saturated rings. The Labute approximate surface area is 477 Å². The lowest BCUT2D eigenvalue weighted by molar-refractivity contribution is -0.167. The molecule has 0 spiro atoms. The average molecular weight is 1070 g/mol. The molecular formula is C71H124O6. The largest absolute Gasteiger partial charge is 0.462 e. The molecule has 6 heteroatoms. The van der Waals surface area contributed by atoms with Gasteiger partial charge in [-0.3, -0.25) is 14.4 Å². The molecule has 0 saturated carbocycles. The Morgan fingerprint density at radius 2 is 0.506 bits per heavy atom. The van der Waals surface area contributed by atoms with E-state index < -0.39 is 6.10 Å². The van der Waals surface area contributed by atoms with Gasteiger partial charge in [0.15, 0.2) is 6.10 Å². The molecule has 1 unspecified atom stereocenters. The highest BCUT2D eigenvalue weighted by atomic mass is 16.6. The summed E-state index contributed by atoms with van der Waals surface area (Å²) in [6.07, 6.45) is 86.1. The van der Waals surface area contributed by atoms with Gasteiger partial charge >= 0.3 is 17.9 Å². The maximum atomic E-state index is 12.9. The third kappa shape index (κ3) is 63.3. The van der Waals surface area contributed by atoms with Crippen LogP contribution < -0.4 is 0 Å². The standard InChI is InChI=1S/C71H124O6/c1-4-7-10-13-16-19-21-23-25-27-29-31-33-34-35-36-38-39-41-43-45-47-49-52-55-58-61-64-70(73)76-67-68(66-75-69(72)63-60-57-54-51-18-15-12-9-6-3)77-71(74)65-62-59-56-53-50-48-46-44-42-40-37-32-30-28-26-24-22-20-17-14-11-8-5-2/h8,11,17,20-21,23-24,26-27,29-30,32,40,42,68H,4-7,9-10,12-16,18-19,22,25,28,31,33-39,41,43-67H2,1-3H3/b11-8-,20-17-,23-21-,26-24-,29-27-,32-30-,42-40-. The van der Waals surface area contributed by atoms with Gasteiger partial charge in [-0.2, -0.15) is 0 Å². The molecule has 0 aliphatic carbocycles. The fraction of sp³-hybridized carbons (Fsp3) is 0.761. The molecule has 77 heavy (non-hydrogen) atoms. The Kier molecular flexibility index (Phi) is 62.2. The van der Waals surface area contributed by atoms with Crippen LogP contribution in [0.15, 0.2) is 85.1 Å². The van der Waals surface area contributed by atoms with Gasteiger partial charge in [-0.15, -0.1) is 0 Å². The fourth-order valence-electron chi connectivity index (χ4n) is 9.44. The number of carbonyl (C=O) groups is 3. The van der Waals surface area contributed by atoms with Crippen molar-refractivity contribution in [3.05, 3.63) is 85.1 Å². The normalized spacial score (nSPS) is 12.6. The van der Waals surface area contributed by atoms with Crippen molar-refractivity contribution in [2.45, 2.75) is 335 Å². The van der Waals surface area contributed by atoms with Crippen LogP contribution in [0, 0.1) is 0 Å². The van der Waals surface area contributed by atoms with Gasteiger partial charge in [0.25, 0.3) is 0 Å². The number of esters is 3. The van der Waals surface area contributed by atoms with Crippen LogP contribution in [0.3, 0.4) is 0 Å². The minimum atomic E-state index is -0.781. The van der Waals surface area contributed by atoms with E-state index in [0.29, 0.717) is 19.3 Å². The predicted octanol–water partition coefficient (Wildman–Crippen LogP) is 22.7. The highest BCUT2D eigenvalue weighted by molar-refractivity contribution is 5.71. The Morgan fingerprint density at radius 3 is 0.792 bits per heavy atom. The van der Waals surface area contributed by atoms with E-state index >= 15 is 0 Å². The number of rotatable bonds is 60. The lowest BCUT2D eigenvalue weighted by Gasteiger charge is -2.18. The van der Waals surface area contributed by atoms with E-state index in [1.165, 1.54) is 186 Å². The highest BCUT2D eigenvalue weighted by Crippen LogP contribution is 2.17. The van der Waals surface area contributed by atoms with Gasteiger partial charge < -0.3 is 14.2 Å². The molecule has 0 aliphatic heterocycles. The summed E-state index contributed by atoms with van der Waals surface area (Å²) in [6.45, 7) is 6.52. The summed E-state index contributed by atoms with van der Waals surface area (Å²) in [7, 11) is 0. The topological polar surface area (TPSA) is 78.9 Å². The Morgan fingerprint density at radius 1 is 0.273 bits per heavy atom. The maximum Gasteiger partial charge on any atom is 0.306 e. The lowest BCUT2D eigenvalue weighted by Crippen LogP contribution is -2.30. The monoisotopic (exact) mass is 1070 g/mol. The van der Waals surface area contributed by atoms with Crippen LogP contribution in [0.1, 0.15) is 329 Å². The van der Waals surface area contributed by atoms with E-state index in [-0.39, 0.29) is 31.1 Å². The molecule has 1 atom stereocenters.